The SMILES string of the molecule is Cc1ccc(CCS(=O)(=O)c2ccc(OCc3ccccc3)c3ncccc23)cc1. The van der Waals surface area contributed by atoms with Gasteiger partial charge < -0.3 is 4.74 Å². The fourth-order valence-electron chi connectivity index (χ4n) is 3.36. The molecular weight excluding hydrogens is 394 g/mol. The zero-order valence-corrected chi connectivity index (χ0v) is 17.6. The lowest BCUT2D eigenvalue weighted by Gasteiger charge is -2.12. The molecule has 0 N–H and O–H groups in total. The van der Waals surface area contributed by atoms with Crippen molar-refractivity contribution in [3.05, 3.63) is 102 Å². The van der Waals surface area contributed by atoms with Crippen molar-refractivity contribution in [3.63, 3.8) is 0 Å². The van der Waals surface area contributed by atoms with Gasteiger partial charge in [0.2, 0.25) is 0 Å². The highest BCUT2D eigenvalue weighted by Crippen LogP contribution is 2.31. The second kappa shape index (κ2) is 8.67. The summed E-state index contributed by atoms with van der Waals surface area (Å²) in [6, 6.07) is 24.7. The van der Waals surface area contributed by atoms with Crippen LogP contribution in [-0.4, -0.2) is 19.2 Å². The summed E-state index contributed by atoms with van der Waals surface area (Å²) < 4.78 is 32.2. The van der Waals surface area contributed by atoms with Crippen molar-refractivity contribution in [2.45, 2.75) is 24.8 Å². The molecule has 1 aromatic heterocycles. The number of aryl methyl sites for hydroxylation is 2. The Balaban J connectivity index is 1.60. The summed E-state index contributed by atoms with van der Waals surface area (Å²) >= 11 is 0. The van der Waals surface area contributed by atoms with Crippen molar-refractivity contribution in [3.8, 4) is 5.75 Å². The van der Waals surface area contributed by atoms with Gasteiger partial charge in [-0.25, -0.2) is 8.42 Å². The number of benzene rings is 3. The first-order valence-electron chi connectivity index (χ1n) is 9.86. The summed E-state index contributed by atoms with van der Waals surface area (Å²) in [6.45, 7) is 2.41. The van der Waals surface area contributed by atoms with Crippen molar-refractivity contribution in [2.24, 2.45) is 0 Å². The maximum atomic E-state index is 13.1. The fraction of sp³-hybridized carbons (Fsp3) is 0.160. The molecule has 1 heterocycles. The van der Waals surface area contributed by atoms with Crippen LogP contribution >= 0.6 is 0 Å². The van der Waals surface area contributed by atoms with Gasteiger partial charge in [-0.05, 0) is 48.7 Å². The van der Waals surface area contributed by atoms with Crippen LogP contribution in [0.1, 0.15) is 16.7 Å². The first-order valence-corrected chi connectivity index (χ1v) is 11.5. The van der Waals surface area contributed by atoms with Gasteiger partial charge in [-0.2, -0.15) is 0 Å². The average Bonchev–Trinajstić information content (AvgIpc) is 2.77. The molecular formula is C25H23NO3S. The molecule has 30 heavy (non-hydrogen) atoms. The minimum Gasteiger partial charge on any atom is -0.487 e. The van der Waals surface area contributed by atoms with Gasteiger partial charge in [0, 0.05) is 11.6 Å². The van der Waals surface area contributed by atoms with Crippen LogP contribution in [0.5, 0.6) is 5.75 Å². The third-order valence-electron chi connectivity index (χ3n) is 5.04. The third-order valence-corrected chi connectivity index (χ3v) is 6.81. The van der Waals surface area contributed by atoms with Crippen LogP contribution in [-0.2, 0) is 22.9 Å². The van der Waals surface area contributed by atoms with E-state index in [2.05, 4.69) is 4.98 Å². The molecule has 0 aliphatic carbocycles. The smallest absolute Gasteiger partial charge is 0.179 e. The number of hydrogen-bond acceptors (Lipinski definition) is 4. The maximum absolute atomic E-state index is 13.1. The highest BCUT2D eigenvalue weighted by Gasteiger charge is 2.20. The molecule has 0 unspecified atom stereocenters. The number of hydrogen-bond donors (Lipinski definition) is 0. The summed E-state index contributed by atoms with van der Waals surface area (Å²) in [5.41, 5.74) is 3.76. The lowest BCUT2D eigenvalue weighted by Crippen LogP contribution is -2.10. The molecule has 4 nitrogen and oxygen atoms in total. The summed E-state index contributed by atoms with van der Waals surface area (Å²) in [4.78, 5) is 4.70. The molecule has 0 spiro atoms. The van der Waals surface area contributed by atoms with E-state index in [4.69, 9.17) is 4.74 Å². The molecule has 0 atom stereocenters. The predicted molar refractivity (Wildman–Crippen MR) is 119 cm³/mol. The van der Waals surface area contributed by atoms with Crippen LogP contribution < -0.4 is 4.74 Å². The van der Waals surface area contributed by atoms with Crippen molar-refractivity contribution in [1.82, 2.24) is 4.98 Å². The van der Waals surface area contributed by atoms with Crippen LogP contribution in [0.2, 0.25) is 0 Å². The Hall–Kier alpha value is -3.18. The maximum Gasteiger partial charge on any atom is 0.179 e. The standard InChI is InChI=1S/C25H23NO3S/c1-19-9-11-20(12-10-19)15-17-30(27,28)24-14-13-23(25-22(24)8-5-16-26-25)29-18-21-6-3-2-4-7-21/h2-14,16H,15,17-18H2,1H3. The number of ether oxygens (including phenoxy) is 1. The van der Waals surface area contributed by atoms with E-state index in [1.807, 2.05) is 61.5 Å². The highest BCUT2D eigenvalue weighted by molar-refractivity contribution is 7.91. The Morgan fingerprint density at radius 2 is 1.60 bits per heavy atom. The van der Waals surface area contributed by atoms with E-state index in [9.17, 15) is 8.42 Å². The molecule has 3 aromatic carbocycles. The number of sulfone groups is 1. The number of aromatic nitrogens is 1. The van der Waals surface area contributed by atoms with Gasteiger partial charge in [0.15, 0.2) is 9.84 Å². The van der Waals surface area contributed by atoms with Crippen LogP contribution in [0.15, 0.2) is 90.0 Å². The molecule has 0 fully saturated rings. The lowest BCUT2D eigenvalue weighted by molar-refractivity contribution is 0.309. The average molecular weight is 418 g/mol. The van der Waals surface area contributed by atoms with E-state index in [-0.39, 0.29) is 5.75 Å². The van der Waals surface area contributed by atoms with Crippen molar-refractivity contribution >= 4 is 20.7 Å². The molecule has 5 heteroatoms. The second-order valence-corrected chi connectivity index (χ2v) is 9.37. The minimum atomic E-state index is -3.47. The van der Waals surface area contributed by atoms with Gasteiger partial charge in [0.25, 0.3) is 0 Å². The van der Waals surface area contributed by atoms with E-state index >= 15 is 0 Å². The Labute approximate surface area is 177 Å². The van der Waals surface area contributed by atoms with Crippen LogP contribution in [0, 0.1) is 6.92 Å². The Morgan fingerprint density at radius 1 is 0.833 bits per heavy atom. The summed E-state index contributed by atoms with van der Waals surface area (Å²) in [6.07, 6.45) is 2.12. The van der Waals surface area contributed by atoms with Gasteiger partial charge in [0.1, 0.15) is 17.9 Å². The molecule has 0 aliphatic heterocycles. The number of pyridine rings is 1. The van der Waals surface area contributed by atoms with Crippen LogP contribution in [0.25, 0.3) is 10.9 Å². The van der Waals surface area contributed by atoms with E-state index in [1.165, 1.54) is 0 Å². The van der Waals surface area contributed by atoms with E-state index in [0.29, 0.717) is 34.6 Å². The van der Waals surface area contributed by atoms with Crippen LogP contribution in [0.4, 0.5) is 0 Å². The normalized spacial score (nSPS) is 11.5. The molecule has 4 rings (SSSR count). The van der Waals surface area contributed by atoms with Crippen molar-refractivity contribution in [2.75, 3.05) is 5.75 Å². The molecule has 0 radical (unpaired) electrons. The van der Waals surface area contributed by atoms with Gasteiger partial charge in [-0.15, -0.1) is 0 Å². The molecule has 0 aliphatic rings. The van der Waals surface area contributed by atoms with Gasteiger partial charge in [0.05, 0.1) is 10.6 Å². The van der Waals surface area contributed by atoms with Crippen molar-refractivity contribution < 1.29 is 13.2 Å². The monoisotopic (exact) mass is 417 g/mol. The van der Waals surface area contributed by atoms with Gasteiger partial charge >= 0.3 is 0 Å². The number of nitrogens with zero attached hydrogens (tertiary/aromatic N) is 1. The van der Waals surface area contributed by atoms with E-state index in [0.717, 1.165) is 16.7 Å². The van der Waals surface area contributed by atoms with Gasteiger partial charge in [-0.1, -0.05) is 60.2 Å². The molecule has 0 amide bonds. The first kappa shape index (κ1) is 20.1. The van der Waals surface area contributed by atoms with E-state index < -0.39 is 9.84 Å². The van der Waals surface area contributed by atoms with Crippen molar-refractivity contribution in [1.29, 1.82) is 0 Å². The minimum absolute atomic E-state index is 0.0459. The largest absolute Gasteiger partial charge is 0.487 e. The topological polar surface area (TPSA) is 56.3 Å². The number of rotatable bonds is 7. The summed E-state index contributed by atoms with van der Waals surface area (Å²) in [5, 5.41) is 0.590. The molecule has 0 saturated heterocycles. The quantitative estimate of drug-likeness (QED) is 0.418. The van der Waals surface area contributed by atoms with E-state index in [1.54, 1.807) is 30.5 Å². The van der Waals surface area contributed by atoms with Crippen LogP contribution in [0.3, 0.4) is 0 Å². The summed E-state index contributed by atoms with van der Waals surface area (Å²) in [5.74, 6) is 0.622. The predicted octanol–water partition coefficient (Wildman–Crippen LogP) is 5.14. The summed E-state index contributed by atoms with van der Waals surface area (Å²) in [7, 11) is -3.47. The Bertz CT molecular complexity index is 1250. The first-order chi connectivity index (χ1) is 14.5. The number of fused-ring (bicyclic) bond motifs is 1. The fourth-order valence-corrected chi connectivity index (χ4v) is 4.86. The molecule has 0 saturated carbocycles. The molecule has 4 aromatic rings. The highest BCUT2D eigenvalue weighted by atomic mass is 32.2. The Kier molecular flexibility index (Phi) is 5.81. The second-order valence-electron chi connectivity index (χ2n) is 7.29. The Morgan fingerprint density at radius 3 is 2.37 bits per heavy atom. The molecule has 152 valence electrons. The van der Waals surface area contributed by atoms with Gasteiger partial charge in [-0.3, -0.25) is 4.98 Å². The third kappa shape index (κ3) is 4.52. The lowest BCUT2D eigenvalue weighted by atomic mass is 10.1. The zero-order valence-electron chi connectivity index (χ0n) is 16.8. The zero-order chi connectivity index (χ0) is 21.0. The molecule has 0 bridgehead atoms.